The molecule has 0 aliphatic carbocycles. The van der Waals surface area contributed by atoms with E-state index in [9.17, 15) is 4.21 Å². The Morgan fingerprint density at radius 2 is 0.786 bits per heavy atom. The maximum Gasteiger partial charge on any atom is 0.0873 e. The molecule has 0 unspecified atom stereocenters. The van der Waals surface area contributed by atoms with Crippen LogP contribution in [-0.2, 0) is 18.0 Å². The third-order valence-electron chi connectivity index (χ3n) is 5.47. The van der Waals surface area contributed by atoms with Crippen LogP contribution in [0.4, 0.5) is 0 Å². The average Bonchev–Trinajstić information content (AvgIpc) is 2.69. The van der Waals surface area contributed by atoms with Crippen molar-refractivity contribution in [2.75, 3.05) is 24.7 Å². The predicted molar refractivity (Wildman–Crippen MR) is 126 cm³/mol. The summed E-state index contributed by atoms with van der Waals surface area (Å²) in [6.45, 7) is 10.0. The standard InChI is InChI=1S/C24H52O3S/c1-5-9-13-17-21-26-28(25,23-19-15-11-7-3,24-20-16-12-8-4)27-22-18-14-10-6-2/h5-24H2,1-4H3. The Morgan fingerprint density at radius 3 is 1.11 bits per heavy atom. The second-order valence-corrected chi connectivity index (χ2v) is 11.9. The van der Waals surface area contributed by atoms with E-state index in [1.54, 1.807) is 0 Å². The van der Waals surface area contributed by atoms with Crippen molar-refractivity contribution in [1.82, 2.24) is 0 Å². The maximum atomic E-state index is 14.3. The van der Waals surface area contributed by atoms with Crippen molar-refractivity contribution in [3.8, 4) is 0 Å². The summed E-state index contributed by atoms with van der Waals surface area (Å²) in [7, 11) is -3.46. The molecule has 0 bridgehead atoms. The van der Waals surface area contributed by atoms with E-state index in [0.29, 0.717) is 24.7 Å². The van der Waals surface area contributed by atoms with Crippen LogP contribution >= 0.6 is 0 Å². The topological polar surface area (TPSA) is 35.5 Å². The minimum absolute atomic E-state index is 0.585. The molecule has 0 amide bonds. The van der Waals surface area contributed by atoms with Gasteiger partial charge in [0, 0.05) is 11.5 Å². The van der Waals surface area contributed by atoms with Gasteiger partial charge < -0.3 is 0 Å². The van der Waals surface area contributed by atoms with Gasteiger partial charge in [-0.15, -0.1) is 0 Å². The van der Waals surface area contributed by atoms with Crippen LogP contribution in [-0.4, -0.2) is 28.9 Å². The third kappa shape index (κ3) is 14.1. The van der Waals surface area contributed by atoms with E-state index in [0.717, 1.165) is 51.4 Å². The molecule has 0 heterocycles. The highest BCUT2D eigenvalue weighted by Gasteiger charge is 2.37. The lowest BCUT2D eigenvalue weighted by molar-refractivity contribution is 0.202. The normalized spacial score (nSPS) is 13.5. The summed E-state index contributed by atoms with van der Waals surface area (Å²) >= 11 is 0. The molecule has 0 radical (unpaired) electrons. The molecule has 0 rings (SSSR count). The van der Waals surface area contributed by atoms with Gasteiger partial charge in [0.15, 0.2) is 0 Å². The van der Waals surface area contributed by atoms with Gasteiger partial charge >= 0.3 is 0 Å². The molecule has 0 fully saturated rings. The van der Waals surface area contributed by atoms with E-state index in [2.05, 4.69) is 27.7 Å². The molecule has 3 nitrogen and oxygen atoms in total. The molecule has 28 heavy (non-hydrogen) atoms. The summed E-state index contributed by atoms with van der Waals surface area (Å²) in [4.78, 5) is 0. The summed E-state index contributed by atoms with van der Waals surface area (Å²) < 4.78 is 26.9. The summed E-state index contributed by atoms with van der Waals surface area (Å²) in [6.07, 6.45) is 18.1. The molecule has 0 atom stereocenters. The average molecular weight is 421 g/mol. The van der Waals surface area contributed by atoms with Crippen molar-refractivity contribution < 1.29 is 12.6 Å². The molecule has 0 aromatic rings. The quantitative estimate of drug-likeness (QED) is 0.166. The van der Waals surface area contributed by atoms with E-state index in [1.807, 2.05) is 0 Å². The van der Waals surface area contributed by atoms with Gasteiger partial charge in [0.2, 0.25) is 0 Å². The maximum absolute atomic E-state index is 14.3. The molecule has 0 spiro atoms. The van der Waals surface area contributed by atoms with Crippen molar-refractivity contribution in [2.24, 2.45) is 0 Å². The molecule has 0 aliphatic heterocycles. The van der Waals surface area contributed by atoms with E-state index in [4.69, 9.17) is 8.37 Å². The Kier molecular flexibility index (Phi) is 17.9. The molecule has 172 valence electrons. The number of hydrogen-bond donors (Lipinski definition) is 0. The lowest BCUT2D eigenvalue weighted by Crippen LogP contribution is -2.45. The third-order valence-corrected chi connectivity index (χ3v) is 9.01. The zero-order valence-corrected chi connectivity index (χ0v) is 20.6. The Labute approximate surface area is 177 Å². The van der Waals surface area contributed by atoms with Crippen LogP contribution in [0.1, 0.15) is 130 Å². The largest absolute Gasteiger partial charge is 0.292 e. The molecule has 0 saturated carbocycles. The number of hydrogen-bond acceptors (Lipinski definition) is 3. The predicted octanol–water partition coefficient (Wildman–Crippen LogP) is 7.99. The number of rotatable bonds is 22. The molecule has 0 N–H and O–H groups in total. The van der Waals surface area contributed by atoms with Gasteiger partial charge in [0.25, 0.3) is 0 Å². The zero-order valence-electron chi connectivity index (χ0n) is 19.8. The van der Waals surface area contributed by atoms with Crippen LogP contribution in [0.3, 0.4) is 0 Å². The first-order valence-electron chi connectivity index (χ1n) is 12.5. The summed E-state index contributed by atoms with van der Waals surface area (Å²) in [5.74, 6) is 1.20. The van der Waals surface area contributed by atoms with Gasteiger partial charge in [-0.2, -0.15) is 0 Å². The van der Waals surface area contributed by atoms with E-state index in [1.165, 1.54) is 51.4 Å². The Bertz CT molecular complexity index is 359. The van der Waals surface area contributed by atoms with Crippen molar-refractivity contribution >= 4 is 9.63 Å². The Hall–Kier alpha value is 0.0700. The van der Waals surface area contributed by atoms with Crippen molar-refractivity contribution in [3.63, 3.8) is 0 Å². The number of unbranched alkanes of at least 4 members (excludes halogenated alkanes) is 12. The van der Waals surface area contributed by atoms with E-state index in [-0.39, 0.29) is 0 Å². The van der Waals surface area contributed by atoms with Gasteiger partial charge in [-0.1, -0.05) is 105 Å². The minimum atomic E-state index is -3.46. The molecule has 0 saturated heterocycles. The first-order valence-corrected chi connectivity index (χ1v) is 14.6. The van der Waals surface area contributed by atoms with Gasteiger partial charge in [0.1, 0.15) is 0 Å². The lowest BCUT2D eigenvalue weighted by atomic mass is 10.2. The SMILES string of the molecule is CCCCCCOS(=O)(CCCCCC)(CCCCCC)OCCCCCC. The Balaban J connectivity index is 4.98. The van der Waals surface area contributed by atoms with Crippen molar-refractivity contribution in [1.29, 1.82) is 0 Å². The summed E-state index contributed by atoms with van der Waals surface area (Å²) in [6, 6.07) is 0. The molecular formula is C24H52O3S. The fourth-order valence-corrected chi connectivity index (χ4v) is 6.78. The van der Waals surface area contributed by atoms with E-state index >= 15 is 0 Å². The molecule has 0 aromatic carbocycles. The molecular weight excluding hydrogens is 368 g/mol. The first kappa shape index (κ1) is 28.1. The zero-order chi connectivity index (χ0) is 21.0. The molecule has 0 aromatic heterocycles. The first-order chi connectivity index (χ1) is 13.5. The minimum Gasteiger partial charge on any atom is -0.292 e. The molecule has 4 heteroatoms. The van der Waals surface area contributed by atoms with Crippen LogP contribution < -0.4 is 0 Å². The van der Waals surface area contributed by atoms with Crippen LogP contribution in [0.25, 0.3) is 0 Å². The smallest absolute Gasteiger partial charge is 0.0873 e. The highest BCUT2D eigenvalue weighted by atomic mass is 32.3. The second kappa shape index (κ2) is 17.9. The van der Waals surface area contributed by atoms with Gasteiger partial charge in [-0.25, -0.2) is 4.21 Å². The fraction of sp³-hybridized carbons (Fsp3) is 1.00. The van der Waals surface area contributed by atoms with Crippen molar-refractivity contribution in [3.05, 3.63) is 0 Å². The van der Waals surface area contributed by atoms with Crippen LogP contribution in [0.2, 0.25) is 0 Å². The van der Waals surface area contributed by atoms with Gasteiger partial charge in [-0.3, -0.25) is 8.37 Å². The van der Waals surface area contributed by atoms with Crippen LogP contribution in [0, 0.1) is 0 Å². The second-order valence-electron chi connectivity index (χ2n) is 8.41. The fourth-order valence-electron chi connectivity index (χ4n) is 3.53. The summed E-state index contributed by atoms with van der Waals surface area (Å²) in [5, 5.41) is 0. The van der Waals surface area contributed by atoms with Crippen LogP contribution in [0.15, 0.2) is 0 Å². The Morgan fingerprint density at radius 1 is 0.464 bits per heavy atom. The van der Waals surface area contributed by atoms with Crippen molar-refractivity contribution in [2.45, 2.75) is 130 Å². The highest BCUT2D eigenvalue weighted by Crippen LogP contribution is 2.34. The van der Waals surface area contributed by atoms with Gasteiger partial charge in [-0.05, 0) is 25.7 Å². The lowest BCUT2D eigenvalue weighted by Gasteiger charge is -2.42. The summed E-state index contributed by atoms with van der Waals surface area (Å²) in [5.41, 5.74) is 0. The monoisotopic (exact) mass is 420 g/mol. The van der Waals surface area contributed by atoms with E-state index < -0.39 is 9.63 Å². The van der Waals surface area contributed by atoms with Gasteiger partial charge in [0.05, 0.1) is 22.8 Å². The molecule has 0 aliphatic rings. The highest BCUT2D eigenvalue weighted by molar-refractivity contribution is 8.11. The van der Waals surface area contributed by atoms with Crippen LogP contribution in [0.5, 0.6) is 0 Å².